The van der Waals surface area contributed by atoms with E-state index in [1.54, 1.807) is 0 Å². The molecule has 8 heteroatoms. The van der Waals surface area contributed by atoms with E-state index in [-0.39, 0.29) is 21.7 Å². The van der Waals surface area contributed by atoms with Gasteiger partial charge in [0, 0.05) is 27.8 Å². The summed E-state index contributed by atoms with van der Waals surface area (Å²) in [5.41, 5.74) is 0.127. The molecular weight excluding hydrogens is 302 g/mol. The van der Waals surface area contributed by atoms with Crippen molar-refractivity contribution in [3.8, 4) is 0 Å². The average molecular weight is 311 g/mol. The molecule has 0 bridgehead atoms. The molecule has 4 nitrogen and oxygen atoms in total. The van der Waals surface area contributed by atoms with Gasteiger partial charge in [-0.05, 0) is 30.3 Å². The molecule has 0 aliphatic heterocycles. The number of carbonyl (C=O) groups is 1. The van der Waals surface area contributed by atoms with E-state index in [9.17, 15) is 13.6 Å². The Morgan fingerprint density at radius 2 is 1.81 bits per heavy atom. The Bertz CT molecular complexity index is 697. The number of rotatable bonds is 3. The minimum Gasteiger partial charge on any atom is -0.423 e. The molecule has 0 unspecified atom stereocenters. The van der Waals surface area contributed by atoms with E-state index >= 15 is 0 Å². The fourth-order valence-corrected chi connectivity index (χ4v) is 1.88. The van der Waals surface area contributed by atoms with Crippen LogP contribution in [0.3, 0.4) is 0 Å². The van der Waals surface area contributed by atoms with Crippen LogP contribution >= 0.6 is 11.6 Å². The Labute approximate surface area is 124 Å². The van der Waals surface area contributed by atoms with Crippen LogP contribution in [0.15, 0.2) is 36.4 Å². The van der Waals surface area contributed by atoms with Gasteiger partial charge in [-0.15, -0.1) is 0 Å². The molecule has 21 heavy (non-hydrogen) atoms. The van der Waals surface area contributed by atoms with Crippen LogP contribution < -0.4 is 10.8 Å². The van der Waals surface area contributed by atoms with E-state index in [1.165, 1.54) is 24.3 Å². The van der Waals surface area contributed by atoms with Gasteiger partial charge in [0.15, 0.2) is 11.6 Å². The predicted molar refractivity (Wildman–Crippen MR) is 75.6 cm³/mol. The van der Waals surface area contributed by atoms with Crippen molar-refractivity contribution < 1.29 is 23.6 Å². The van der Waals surface area contributed by atoms with Crippen LogP contribution in [0.4, 0.5) is 14.5 Å². The van der Waals surface area contributed by atoms with Crippen molar-refractivity contribution in [3.63, 3.8) is 0 Å². The van der Waals surface area contributed by atoms with Crippen LogP contribution in [-0.4, -0.2) is 23.1 Å². The topological polar surface area (TPSA) is 69.6 Å². The van der Waals surface area contributed by atoms with Gasteiger partial charge < -0.3 is 15.4 Å². The van der Waals surface area contributed by atoms with Crippen LogP contribution in [0.2, 0.25) is 5.02 Å². The predicted octanol–water partition coefficient (Wildman–Crippen LogP) is 1.55. The van der Waals surface area contributed by atoms with Crippen LogP contribution in [0.25, 0.3) is 0 Å². The van der Waals surface area contributed by atoms with Gasteiger partial charge in [-0.2, -0.15) is 0 Å². The summed E-state index contributed by atoms with van der Waals surface area (Å²) in [5, 5.41) is 20.7. The summed E-state index contributed by atoms with van der Waals surface area (Å²) in [6, 6.07) is 6.82. The van der Waals surface area contributed by atoms with Gasteiger partial charge >= 0.3 is 7.12 Å². The van der Waals surface area contributed by atoms with Crippen molar-refractivity contribution in [1.29, 1.82) is 0 Å². The Morgan fingerprint density at radius 1 is 1.10 bits per heavy atom. The summed E-state index contributed by atoms with van der Waals surface area (Å²) < 4.78 is 25.8. The average Bonchev–Trinajstić information content (AvgIpc) is 2.43. The van der Waals surface area contributed by atoms with Crippen molar-refractivity contribution in [2.75, 3.05) is 5.32 Å². The molecule has 0 saturated carbocycles. The highest BCUT2D eigenvalue weighted by atomic mass is 35.5. The van der Waals surface area contributed by atoms with Crippen LogP contribution in [0.5, 0.6) is 0 Å². The van der Waals surface area contributed by atoms with Gasteiger partial charge in [-0.1, -0.05) is 11.6 Å². The fourth-order valence-electron chi connectivity index (χ4n) is 1.66. The first-order chi connectivity index (χ1) is 9.88. The highest BCUT2D eigenvalue weighted by Gasteiger charge is 2.18. The molecular formula is C13H9BClF2NO3. The molecule has 0 atom stereocenters. The molecule has 0 fully saturated rings. The van der Waals surface area contributed by atoms with Crippen molar-refractivity contribution in [2.45, 2.75) is 0 Å². The SMILES string of the molecule is O=C(Nc1ccc(F)c(F)c1)c1ccc(Cl)c(B(O)O)c1. The maximum atomic E-state index is 13.0. The quantitative estimate of drug-likeness (QED) is 0.753. The molecule has 108 valence electrons. The summed E-state index contributed by atoms with van der Waals surface area (Å²) in [6.45, 7) is 0. The number of hydrogen-bond donors (Lipinski definition) is 3. The van der Waals surface area contributed by atoms with Crippen molar-refractivity contribution in [1.82, 2.24) is 0 Å². The van der Waals surface area contributed by atoms with Gasteiger partial charge in [0.2, 0.25) is 0 Å². The monoisotopic (exact) mass is 311 g/mol. The minimum atomic E-state index is -1.83. The summed E-state index contributed by atoms with van der Waals surface area (Å²) in [7, 11) is -1.83. The molecule has 0 heterocycles. The zero-order valence-electron chi connectivity index (χ0n) is 10.5. The first-order valence-electron chi connectivity index (χ1n) is 5.80. The van der Waals surface area contributed by atoms with Crippen molar-refractivity contribution in [2.24, 2.45) is 0 Å². The number of benzene rings is 2. The summed E-state index contributed by atoms with van der Waals surface area (Å²) >= 11 is 5.75. The third-order valence-corrected chi connectivity index (χ3v) is 3.06. The zero-order chi connectivity index (χ0) is 15.6. The number of nitrogens with one attached hydrogen (secondary N) is 1. The lowest BCUT2D eigenvalue weighted by molar-refractivity contribution is 0.102. The first-order valence-corrected chi connectivity index (χ1v) is 6.18. The fraction of sp³-hybridized carbons (Fsp3) is 0. The molecule has 2 aromatic carbocycles. The standard InChI is InChI=1S/C13H9BClF2NO3/c15-10-3-1-7(5-9(10)14(20)21)13(19)18-8-2-4-11(16)12(17)6-8/h1-6,20-21H,(H,18,19). The third-order valence-electron chi connectivity index (χ3n) is 2.71. The van der Waals surface area contributed by atoms with E-state index in [1.807, 2.05) is 0 Å². The Kier molecular flexibility index (Phi) is 4.57. The van der Waals surface area contributed by atoms with E-state index < -0.39 is 24.7 Å². The first kappa shape index (κ1) is 15.4. The third kappa shape index (κ3) is 3.58. The summed E-state index contributed by atoms with van der Waals surface area (Å²) in [6.07, 6.45) is 0. The second-order valence-corrected chi connectivity index (χ2v) is 4.60. The van der Waals surface area contributed by atoms with E-state index in [2.05, 4.69) is 5.32 Å². The van der Waals surface area contributed by atoms with E-state index in [4.69, 9.17) is 21.6 Å². The van der Waals surface area contributed by atoms with Crippen LogP contribution in [0.1, 0.15) is 10.4 Å². The number of amides is 1. The Morgan fingerprint density at radius 3 is 2.43 bits per heavy atom. The van der Waals surface area contributed by atoms with E-state index in [0.717, 1.165) is 12.1 Å². The number of hydrogen-bond acceptors (Lipinski definition) is 3. The molecule has 0 aliphatic carbocycles. The highest BCUT2D eigenvalue weighted by molar-refractivity contribution is 6.62. The van der Waals surface area contributed by atoms with Crippen LogP contribution in [-0.2, 0) is 0 Å². The van der Waals surface area contributed by atoms with Gasteiger partial charge in [0.25, 0.3) is 5.91 Å². The molecule has 0 spiro atoms. The second kappa shape index (κ2) is 6.21. The summed E-state index contributed by atoms with van der Waals surface area (Å²) in [4.78, 5) is 12.0. The Balaban J connectivity index is 2.24. The number of anilines is 1. The van der Waals surface area contributed by atoms with Gasteiger partial charge in [-0.3, -0.25) is 4.79 Å². The molecule has 0 radical (unpaired) electrons. The van der Waals surface area contributed by atoms with Crippen molar-refractivity contribution in [3.05, 3.63) is 58.6 Å². The largest absolute Gasteiger partial charge is 0.489 e. The molecule has 2 rings (SSSR count). The number of carbonyl (C=O) groups excluding carboxylic acids is 1. The van der Waals surface area contributed by atoms with Crippen molar-refractivity contribution >= 4 is 35.8 Å². The minimum absolute atomic E-state index is 0.0328. The maximum Gasteiger partial charge on any atom is 0.489 e. The lowest BCUT2D eigenvalue weighted by Crippen LogP contribution is -2.32. The maximum absolute atomic E-state index is 13.0. The lowest BCUT2D eigenvalue weighted by Gasteiger charge is -2.08. The Hall–Kier alpha value is -1.96. The second-order valence-electron chi connectivity index (χ2n) is 4.19. The molecule has 0 aliphatic rings. The normalized spacial score (nSPS) is 10.3. The van der Waals surface area contributed by atoms with Gasteiger partial charge in [0.05, 0.1) is 0 Å². The summed E-state index contributed by atoms with van der Waals surface area (Å²) in [5.74, 6) is -2.74. The molecule has 1 amide bonds. The molecule has 0 saturated heterocycles. The number of halogens is 3. The smallest absolute Gasteiger partial charge is 0.423 e. The van der Waals surface area contributed by atoms with Crippen LogP contribution in [0, 0.1) is 11.6 Å². The van der Waals surface area contributed by atoms with Gasteiger partial charge in [0.1, 0.15) is 0 Å². The molecule has 2 aromatic rings. The van der Waals surface area contributed by atoms with Gasteiger partial charge in [-0.25, -0.2) is 8.78 Å². The highest BCUT2D eigenvalue weighted by Crippen LogP contribution is 2.15. The molecule has 3 N–H and O–H groups in total. The lowest BCUT2D eigenvalue weighted by atomic mass is 9.79. The molecule has 0 aromatic heterocycles. The van der Waals surface area contributed by atoms with E-state index in [0.29, 0.717) is 0 Å². The zero-order valence-corrected chi connectivity index (χ0v) is 11.2.